The Morgan fingerprint density at radius 3 is 2.50 bits per heavy atom. The summed E-state index contributed by atoms with van der Waals surface area (Å²) in [5.41, 5.74) is 0.936. The second-order valence-corrected chi connectivity index (χ2v) is 10.7. The van der Waals surface area contributed by atoms with Crippen LogP contribution < -0.4 is 4.90 Å². The van der Waals surface area contributed by atoms with Gasteiger partial charge in [-0.2, -0.15) is 4.31 Å². The van der Waals surface area contributed by atoms with Gasteiger partial charge in [0.05, 0.1) is 16.6 Å². The van der Waals surface area contributed by atoms with Crippen LogP contribution in [0.4, 0.5) is 5.69 Å². The van der Waals surface area contributed by atoms with Crippen LogP contribution in [-0.4, -0.2) is 48.7 Å². The summed E-state index contributed by atoms with van der Waals surface area (Å²) in [5, 5.41) is 1.17. The lowest BCUT2D eigenvalue weighted by Crippen LogP contribution is -2.35. The molecule has 1 saturated heterocycles. The summed E-state index contributed by atoms with van der Waals surface area (Å²) in [7, 11) is -3.61. The Balaban J connectivity index is 1.71. The van der Waals surface area contributed by atoms with Crippen LogP contribution in [0.3, 0.4) is 0 Å². The lowest BCUT2D eigenvalue weighted by molar-refractivity contribution is 0.100. The van der Waals surface area contributed by atoms with Gasteiger partial charge in [-0.1, -0.05) is 29.4 Å². The molecule has 0 bridgehead atoms. The number of thioether (sulfide) groups is 1. The molecular weight excluding hydrogens is 442 g/mol. The molecule has 0 radical (unpaired) electrons. The Morgan fingerprint density at radius 2 is 1.87 bits per heavy atom. The van der Waals surface area contributed by atoms with E-state index in [1.807, 2.05) is 6.92 Å². The monoisotopic (exact) mass is 463 g/mol. The molecule has 0 N–H and O–H groups in total. The van der Waals surface area contributed by atoms with Crippen LogP contribution in [0.15, 0.2) is 58.4 Å². The quantitative estimate of drug-likeness (QED) is 0.679. The number of aliphatic imine (C=N–C) groups is 1. The molecule has 9 heteroatoms. The minimum Gasteiger partial charge on any atom is -0.268 e. The van der Waals surface area contributed by atoms with Crippen molar-refractivity contribution >= 4 is 50.1 Å². The van der Waals surface area contributed by atoms with E-state index in [-0.39, 0.29) is 16.8 Å². The summed E-state index contributed by atoms with van der Waals surface area (Å²) in [6, 6.07) is 13.3. The van der Waals surface area contributed by atoms with Gasteiger partial charge in [0.25, 0.3) is 5.91 Å². The second kappa shape index (κ2) is 8.70. The minimum atomic E-state index is -3.61. The molecule has 0 aromatic heterocycles. The maximum absolute atomic E-state index is 13.5. The number of carbonyl (C=O) groups is 1. The summed E-state index contributed by atoms with van der Waals surface area (Å²) in [6.07, 6.45) is 1.72. The van der Waals surface area contributed by atoms with Crippen molar-refractivity contribution in [3.63, 3.8) is 0 Å². The van der Waals surface area contributed by atoms with Crippen molar-refractivity contribution < 1.29 is 13.2 Å². The van der Waals surface area contributed by atoms with E-state index in [1.165, 1.54) is 27.0 Å². The molecule has 2 aromatic rings. The number of hydrogen-bond acceptors (Lipinski definition) is 5. The molecule has 0 unspecified atom stereocenters. The zero-order valence-corrected chi connectivity index (χ0v) is 18.9. The Morgan fingerprint density at radius 1 is 1.17 bits per heavy atom. The van der Waals surface area contributed by atoms with E-state index in [2.05, 4.69) is 4.99 Å². The summed E-state index contributed by atoms with van der Waals surface area (Å²) in [6.45, 7) is 3.03. The molecule has 0 saturated carbocycles. The third-order valence-corrected chi connectivity index (χ3v) is 8.39. The molecule has 0 spiro atoms. The number of amidine groups is 1. The number of sulfonamides is 1. The van der Waals surface area contributed by atoms with Crippen molar-refractivity contribution in [1.29, 1.82) is 0 Å². The van der Waals surface area contributed by atoms with E-state index in [0.717, 1.165) is 18.6 Å². The molecule has 30 heavy (non-hydrogen) atoms. The maximum atomic E-state index is 13.5. The molecule has 1 atom stereocenters. The summed E-state index contributed by atoms with van der Waals surface area (Å²) in [4.78, 5) is 19.8. The fourth-order valence-corrected chi connectivity index (χ4v) is 6.21. The second-order valence-electron chi connectivity index (χ2n) is 7.33. The van der Waals surface area contributed by atoms with Crippen molar-refractivity contribution in [3.05, 3.63) is 59.1 Å². The highest BCUT2D eigenvalue weighted by atomic mass is 35.5. The highest BCUT2D eigenvalue weighted by Gasteiger charge is 2.30. The van der Waals surface area contributed by atoms with Crippen molar-refractivity contribution in [1.82, 2.24) is 4.31 Å². The lowest BCUT2D eigenvalue weighted by atomic mass is 10.2. The first-order valence-electron chi connectivity index (χ1n) is 9.77. The summed E-state index contributed by atoms with van der Waals surface area (Å²) < 4.78 is 27.4. The van der Waals surface area contributed by atoms with Crippen LogP contribution in [-0.2, 0) is 10.0 Å². The molecule has 2 aromatic carbocycles. The first-order valence-corrected chi connectivity index (χ1v) is 12.6. The zero-order chi connectivity index (χ0) is 21.3. The largest absolute Gasteiger partial charge is 0.268 e. The predicted molar refractivity (Wildman–Crippen MR) is 122 cm³/mol. The van der Waals surface area contributed by atoms with Gasteiger partial charge in [-0.25, -0.2) is 8.42 Å². The van der Waals surface area contributed by atoms with Gasteiger partial charge in [0.15, 0.2) is 5.17 Å². The SMILES string of the molecule is C[C@H]1CSC(N(C(=O)c2cccc(S(=O)(=O)N3CCCC3)c2)c2ccc(Cl)cc2)=N1. The number of nitrogens with zero attached hydrogens (tertiary/aromatic N) is 3. The van der Waals surface area contributed by atoms with Gasteiger partial charge in [-0.3, -0.25) is 14.7 Å². The average Bonchev–Trinajstić information content (AvgIpc) is 3.42. The normalized spacial score (nSPS) is 19.7. The number of anilines is 1. The Hall–Kier alpha value is -1.87. The number of carbonyl (C=O) groups excluding carboxylic acids is 1. The van der Waals surface area contributed by atoms with Crippen LogP contribution in [0.2, 0.25) is 5.02 Å². The van der Waals surface area contributed by atoms with Crippen LogP contribution in [0.5, 0.6) is 0 Å². The van der Waals surface area contributed by atoms with E-state index in [9.17, 15) is 13.2 Å². The fourth-order valence-electron chi connectivity index (χ4n) is 3.48. The lowest BCUT2D eigenvalue weighted by Gasteiger charge is -2.23. The zero-order valence-electron chi connectivity index (χ0n) is 16.5. The molecule has 1 fully saturated rings. The van der Waals surface area contributed by atoms with Gasteiger partial charge in [-0.05, 0) is 62.2 Å². The molecule has 2 aliphatic rings. The van der Waals surface area contributed by atoms with Crippen LogP contribution in [0, 0.1) is 0 Å². The standard InChI is InChI=1S/C21H22ClN3O3S2/c1-15-14-29-21(23-15)25(18-9-7-17(22)8-10-18)20(26)16-5-4-6-19(13-16)30(27,28)24-11-2-3-12-24/h4-10,13,15H,2-3,11-12,14H2,1H3/t15-/m0/s1. The molecular formula is C21H22ClN3O3S2. The molecule has 158 valence electrons. The van der Waals surface area contributed by atoms with Gasteiger partial charge >= 0.3 is 0 Å². The van der Waals surface area contributed by atoms with Crippen LogP contribution in [0.1, 0.15) is 30.1 Å². The summed E-state index contributed by atoms with van der Waals surface area (Å²) >= 11 is 7.53. The van der Waals surface area contributed by atoms with E-state index in [4.69, 9.17) is 11.6 Å². The Labute approximate surface area is 186 Å². The van der Waals surface area contributed by atoms with Crippen molar-refractivity contribution in [2.45, 2.75) is 30.7 Å². The average molecular weight is 464 g/mol. The van der Waals surface area contributed by atoms with E-state index >= 15 is 0 Å². The fraction of sp³-hybridized carbons (Fsp3) is 0.333. The van der Waals surface area contributed by atoms with Gasteiger partial charge in [0, 0.05) is 29.4 Å². The first kappa shape index (κ1) is 21.4. The minimum absolute atomic E-state index is 0.106. The van der Waals surface area contributed by atoms with E-state index in [0.29, 0.717) is 34.5 Å². The number of amides is 1. The maximum Gasteiger partial charge on any atom is 0.264 e. The Kier molecular flexibility index (Phi) is 6.20. The highest BCUT2D eigenvalue weighted by molar-refractivity contribution is 8.14. The van der Waals surface area contributed by atoms with Gasteiger partial charge in [0.1, 0.15) is 0 Å². The number of rotatable bonds is 4. The molecule has 2 aliphatic heterocycles. The number of hydrogen-bond donors (Lipinski definition) is 0. The predicted octanol–water partition coefficient (Wildman–Crippen LogP) is 4.26. The van der Waals surface area contributed by atoms with E-state index in [1.54, 1.807) is 42.5 Å². The molecule has 4 rings (SSSR count). The van der Waals surface area contributed by atoms with Gasteiger partial charge in [0.2, 0.25) is 10.0 Å². The van der Waals surface area contributed by atoms with Crippen molar-refractivity contribution in [3.8, 4) is 0 Å². The highest BCUT2D eigenvalue weighted by Crippen LogP contribution is 2.29. The number of halogens is 1. The molecule has 2 heterocycles. The van der Waals surface area contributed by atoms with Gasteiger partial charge in [-0.15, -0.1) is 0 Å². The van der Waals surface area contributed by atoms with Crippen molar-refractivity contribution in [2.75, 3.05) is 23.7 Å². The number of benzene rings is 2. The topological polar surface area (TPSA) is 70.1 Å². The van der Waals surface area contributed by atoms with Gasteiger partial charge < -0.3 is 0 Å². The smallest absolute Gasteiger partial charge is 0.264 e. The Bertz CT molecular complexity index is 1080. The van der Waals surface area contributed by atoms with Crippen molar-refractivity contribution in [2.24, 2.45) is 4.99 Å². The molecule has 0 aliphatic carbocycles. The molecule has 6 nitrogen and oxygen atoms in total. The first-order chi connectivity index (χ1) is 14.4. The third-order valence-electron chi connectivity index (χ3n) is 5.05. The van der Waals surface area contributed by atoms with Crippen LogP contribution in [0.25, 0.3) is 0 Å². The third kappa shape index (κ3) is 4.27. The van der Waals surface area contributed by atoms with Crippen LogP contribution >= 0.6 is 23.4 Å². The molecule has 1 amide bonds. The van der Waals surface area contributed by atoms with E-state index < -0.39 is 10.0 Å². The summed E-state index contributed by atoms with van der Waals surface area (Å²) in [5.74, 6) is 0.465.